The fourth-order valence-electron chi connectivity index (χ4n) is 9.88. The van der Waals surface area contributed by atoms with Gasteiger partial charge in [0.2, 0.25) is 0 Å². The Morgan fingerprint density at radius 2 is 0.818 bits per heavy atom. The monoisotopic (exact) mass is 702 g/mol. The van der Waals surface area contributed by atoms with Gasteiger partial charge < -0.3 is 13.3 Å². The van der Waals surface area contributed by atoms with E-state index in [0.717, 1.165) is 93.6 Å². The maximum Gasteiger partial charge on any atom is 0.143 e. The van der Waals surface area contributed by atoms with Crippen LogP contribution in [0.25, 0.3) is 106 Å². The van der Waals surface area contributed by atoms with E-state index in [-0.39, 0.29) is 11.8 Å². The Labute approximate surface area is 315 Å². The molecule has 2 unspecified atom stereocenters. The molecule has 3 heteroatoms. The largest absolute Gasteiger partial charge is 0.455 e. The number of rotatable bonds is 3. The number of fused-ring (bicyclic) bond motifs is 9. The van der Waals surface area contributed by atoms with Crippen molar-refractivity contribution in [2.45, 2.75) is 5.92 Å². The average Bonchev–Trinajstić information content (AvgIpc) is 3.94. The Balaban J connectivity index is 1.12. The molecule has 13 rings (SSSR count). The van der Waals surface area contributed by atoms with E-state index in [1.807, 2.05) is 18.2 Å². The van der Waals surface area contributed by atoms with Crippen molar-refractivity contribution < 1.29 is 13.3 Å². The van der Waals surface area contributed by atoms with Gasteiger partial charge in [0.1, 0.15) is 33.5 Å². The minimum absolute atomic E-state index is 0.114. The van der Waals surface area contributed by atoms with Gasteiger partial charge in [0.15, 0.2) is 0 Å². The molecule has 0 saturated heterocycles. The van der Waals surface area contributed by atoms with E-state index in [2.05, 4.69) is 152 Å². The van der Waals surface area contributed by atoms with Crippen LogP contribution in [0.15, 0.2) is 177 Å². The summed E-state index contributed by atoms with van der Waals surface area (Å²) >= 11 is 0. The van der Waals surface area contributed by atoms with Crippen LogP contribution in [-0.2, 0) is 0 Å². The molecule has 256 valence electrons. The van der Waals surface area contributed by atoms with Gasteiger partial charge in [-0.05, 0) is 63.2 Å². The van der Waals surface area contributed by atoms with Gasteiger partial charge in [-0.25, -0.2) is 0 Å². The van der Waals surface area contributed by atoms with Crippen LogP contribution in [0, 0.1) is 5.92 Å². The lowest BCUT2D eigenvalue weighted by Gasteiger charge is -2.38. The fourth-order valence-corrected chi connectivity index (χ4v) is 9.88. The molecule has 3 aliphatic carbocycles. The molecule has 7 aromatic carbocycles. The SMILES string of the molecule is C1=CC2C=Cc3c(-c4cccc5c4oc4ccccc45)cc(-c4cccc5c4oc4ccccc45)c4c3C2C(=C1c1cccc2c1oc1ccccc12)C=C4. The summed E-state index contributed by atoms with van der Waals surface area (Å²) in [5, 5.41) is 6.79. The zero-order chi connectivity index (χ0) is 35.8. The number of hydrogen-bond donors (Lipinski definition) is 0. The Morgan fingerprint density at radius 3 is 1.38 bits per heavy atom. The molecule has 0 radical (unpaired) electrons. The van der Waals surface area contributed by atoms with Crippen molar-refractivity contribution in [1.29, 1.82) is 0 Å². The maximum absolute atomic E-state index is 6.71. The van der Waals surface area contributed by atoms with Crippen LogP contribution < -0.4 is 0 Å². The first-order valence-electron chi connectivity index (χ1n) is 19.0. The minimum atomic E-state index is 0.114. The molecule has 3 aliphatic rings. The van der Waals surface area contributed by atoms with E-state index in [4.69, 9.17) is 13.3 Å². The van der Waals surface area contributed by atoms with Crippen molar-refractivity contribution in [3.05, 3.63) is 186 Å². The molecule has 0 bridgehead atoms. The first-order chi connectivity index (χ1) is 27.3. The van der Waals surface area contributed by atoms with Gasteiger partial charge in [-0.1, -0.05) is 146 Å². The van der Waals surface area contributed by atoms with Crippen molar-refractivity contribution in [3.8, 4) is 22.3 Å². The normalized spacial score (nSPS) is 17.2. The smallest absolute Gasteiger partial charge is 0.143 e. The summed E-state index contributed by atoms with van der Waals surface area (Å²) in [6.45, 7) is 0. The molecular formula is C52H30O3. The second-order valence-corrected chi connectivity index (χ2v) is 15.0. The van der Waals surface area contributed by atoms with Crippen molar-refractivity contribution in [2.24, 2.45) is 5.92 Å². The molecular weight excluding hydrogens is 673 g/mol. The summed E-state index contributed by atoms with van der Waals surface area (Å²) in [6.07, 6.45) is 14.2. The third kappa shape index (κ3) is 3.94. The Morgan fingerprint density at radius 1 is 0.364 bits per heavy atom. The van der Waals surface area contributed by atoms with E-state index < -0.39 is 0 Å². The van der Waals surface area contributed by atoms with Crippen LogP contribution >= 0.6 is 0 Å². The van der Waals surface area contributed by atoms with E-state index in [1.54, 1.807) is 0 Å². The van der Waals surface area contributed by atoms with Gasteiger partial charge >= 0.3 is 0 Å². The third-order valence-electron chi connectivity index (χ3n) is 12.3. The highest BCUT2D eigenvalue weighted by molar-refractivity contribution is 6.14. The van der Waals surface area contributed by atoms with Gasteiger partial charge in [-0.15, -0.1) is 0 Å². The number of furan rings is 3. The van der Waals surface area contributed by atoms with E-state index in [0.29, 0.717) is 0 Å². The molecule has 3 nitrogen and oxygen atoms in total. The first-order valence-corrected chi connectivity index (χ1v) is 19.0. The summed E-state index contributed by atoms with van der Waals surface area (Å²) in [5.41, 5.74) is 17.4. The van der Waals surface area contributed by atoms with Gasteiger partial charge in [0.05, 0.1) is 0 Å². The molecule has 3 aromatic heterocycles. The van der Waals surface area contributed by atoms with Crippen LogP contribution in [0.1, 0.15) is 28.2 Å². The molecule has 0 amide bonds. The number of allylic oxidation sites excluding steroid dienone is 6. The molecule has 10 aromatic rings. The predicted octanol–water partition coefficient (Wildman–Crippen LogP) is 14.5. The first kappa shape index (κ1) is 29.4. The van der Waals surface area contributed by atoms with Crippen LogP contribution in [0.3, 0.4) is 0 Å². The molecule has 0 N–H and O–H groups in total. The second-order valence-electron chi connectivity index (χ2n) is 15.0. The summed E-state index contributed by atoms with van der Waals surface area (Å²) in [6, 6.07) is 47.1. The molecule has 0 fully saturated rings. The highest BCUT2D eigenvalue weighted by Gasteiger charge is 2.38. The van der Waals surface area contributed by atoms with Crippen LogP contribution in [0.4, 0.5) is 0 Å². The zero-order valence-corrected chi connectivity index (χ0v) is 29.5. The van der Waals surface area contributed by atoms with Gasteiger partial charge in [0, 0.05) is 60.8 Å². The molecule has 2 atom stereocenters. The lowest BCUT2D eigenvalue weighted by molar-refractivity contribution is 0.661. The van der Waals surface area contributed by atoms with Crippen LogP contribution in [-0.4, -0.2) is 0 Å². The minimum Gasteiger partial charge on any atom is -0.455 e. The number of benzene rings is 7. The lowest BCUT2D eigenvalue weighted by atomic mass is 9.65. The maximum atomic E-state index is 6.71. The second kappa shape index (κ2) is 10.7. The Kier molecular flexibility index (Phi) is 5.74. The highest BCUT2D eigenvalue weighted by atomic mass is 16.3. The fraction of sp³-hybridized carbons (Fsp3) is 0.0385. The van der Waals surface area contributed by atoms with Gasteiger partial charge in [-0.3, -0.25) is 0 Å². The van der Waals surface area contributed by atoms with Gasteiger partial charge in [-0.2, -0.15) is 0 Å². The van der Waals surface area contributed by atoms with Crippen molar-refractivity contribution in [1.82, 2.24) is 0 Å². The topological polar surface area (TPSA) is 39.4 Å². The van der Waals surface area contributed by atoms with Crippen LogP contribution in [0.5, 0.6) is 0 Å². The summed E-state index contributed by atoms with van der Waals surface area (Å²) < 4.78 is 20.0. The predicted molar refractivity (Wildman–Crippen MR) is 226 cm³/mol. The summed E-state index contributed by atoms with van der Waals surface area (Å²) in [5.74, 6) is 0.319. The Hall–Kier alpha value is -7.10. The van der Waals surface area contributed by atoms with Crippen molar-refractivity contribution >= 4 is 83.5 Å². The zero-order valence-electron chi connectivity index (χ0n) is 29.5. The quantitative estimate of drug-likeness (QED) is 0.184. The lowest BCUT2D eigenvalue weighted by Crippen LogP contribution is -2.23. The summed E-state index contributed by atoms with van der Waals surface area (Å²) in [4.78, 5) is 0. The Bertz CT molecular complexity index is 3440. The van der Waals surface area contributed by atoms with Crippen molar-refractivity contribution in [3.63, 3.8) is 0 Å². The molecule has 0 spiro atoms. The number of para-hydroxylation sites is 6. The van der Waals surface area contributed by atoms with Crippen LogP contribution in [0.2, 0.25) is 0 Å². The summed E-state index contributed by atoms with van der Waals surface area (Å²) in [7, 11) is 0. The highest BCUT2D eigenvalue weighted by Crippen LogP contribution is 2.55. The molecule has 55 heavy (non-hydrogen) atoms. The molecule has 0 aliphatic heterocycles. The van der Waals surface area contributed by atoms with E-state index >= 15 is 0 Å². The van der Waals surface area contributed by atoms with Crippen molar-refractivity contribution in [2.75, 3.05) is 0 Å². The van der Waals surface area contributed by atoms with Gasteiger partial charge in [0.25, 0.3) is 0 Å². The van der Waals surface area contributed by atoms with E-state index in [1.165, 1.54) is 27.8 Å². The molecule has 0 saturated carbocycles. The molecule has 3 heterocycles. The number of hydrogen-bond acceptors (Lipinski definition) is 3. The standard InChI is InChI=1S/C52H30O3/c1-4-19-45-31(10-1)38-14-7-13-37(50(38)53-45)30-24-22-29-23-25-35-43(41-17-8-15-39-32-11-2-5-20-46(32)54-51(39)41)28-44(36-27-26-34(30)48(29)49(35)36)42-18-9-16-40-33-12-3-6-21-47(33)55-52(40)42/h1-29,48H. The van der Waals surface area contributed by atoms with E-state index in [9.17, 15) is 0 Å². The third-order valence-corrected chi connectivity index (χ3v) is 12.3. The average molecular weight is 703 g/mol.